The Hall–Kier alpha value is -7.74. The summed E-state index contributed by atoms with van der Waals surface area (Å²) in [6.45, 7) is 9.25. The van der Waals surface area contributed by atoms with Crippen LogP contribution in [0.2, 0.25) is 0 Å². The van der Waals surface area contributed by atoms with E-state index < -0.39 is 36.2 Å². The van der Waals surface area contributed by atoms with Crippen molar-refractivity contribution in [2.24, 2.45) is 0 Å². The lowest BCUT2D eigenvalue weighted by Crippen LogP contribution is -2.12. The van der Waals surface area contributed by atoms with Crippen LogP contribution < -0.4 is 18.9 Å². The summed E-state index contributed by atoms with van der Waals surface area (Å²) in [7, 11) is 0. The van der Waals surface area contributed by atoms with Crippen molar-refractivity contribution in [3.05, 3.63) is 145 Å². The second-order valence-corrected chi connectivity index (χ2v) is 13.4. The summed E-state index contributed by atoms with van der Waals surface area (Å²) in [5.74, 6) is -1.02. The van der Waals surface area contributed by atoms with E-state index in [2.05, 4.69) is 13.2 Å². The van der Waals surface area contributed by atoms with Gasteiger partial charge in [0.05, 0.1) is 26.4 Å². The third-order valence-electron chi connectivity index (χ3n) is 9.03. The molecule has 4 aromatic carbocycles. The topological polar surface area (TPSA) is 176 Å². The van der Waals surface area contributed by atoms with Crippen LogP contribution in [-0.4, -0.2) is 62.6 Å². The Morgan fingerprint density at radius 2 is 0.823 bits per heavy atom. The highest BCUT2D eigenvalue weighted by molar-refractivity contribution is 5.90. The molecule has 0 heterocycles. The lowest BCUT2D eigenvalue weighted by molar-refractivity contribution is -0.138. The first kappa shape index (κ1) is 45.3. The second kappa shape index (κ2) is 23.2. The van der Waals surface area contributed by atoms with Gasteiger partial charge in [-0.3, -0.25) is 0 Å². The zero-order valence-corrected chi connectivity index (χ0v) is 33.9. The Morgan fingerprint density at radius 1 is 0.468 bits per heavy atom. The number of fused-ring (bicyclic) bond motifs is 3. The van der Waals surface area contributed by atoms with E-state index in [0.717, 1.165) is 34.4 Å². The van der Waals surface area contributed by atoms with Crippen LogP contribution in [0.3, 0.4) is 0 Å². The van der Waals surface area contributed by atoms with E-state index in [9.17, 15) is 28.8 Å². The van der Waals surface area contributed by atoms with Crippen LogP contribution in [0.5, 0.6) is 23.0 Å². The van der Waals surface area contributed by atoms with Crippen LogP contribution in [0.4, 0.5) is 9.59 Å². The fraction of sp³-hybridized carbons (Fsp3) is 0.208. The van der Waals surface area contributed by atoms with Crippen LogP contribution >= 0.6 is 0 Å². The molecular formula is C48H44O14. The smallest absolute Gasteiger partial charge is 0.463 e. The highest BCUT2D eigenvalue weighted by atomic mass is 16.7. The number of benzene rings is 4. The van der Waals surface area contributed by atoms with Crippen LogP contribution in [0.15, 0.2) is 122 Å². The molecular weight excluding hydrogens is 801 g/mol. The number of rotatable bonds is 20. The predicted molar refractivity (Wildman–Crippen MR) is 226 cm³/mol. The quantitative estimate of drug-likeness (QED) is 0.0206. The number of carbonyl (C=O) groups is 6. The molecule has 0 aromatic heterocycles. The van der Waals surface area contributed by atoms with Gasteiger partial charge in [-0.2, -0.15) is 0 Å². The average Bonchev–Trinajstić information content (AvgIpc) is 3.54. The van der Waals surface area contributed by atoms with Gasteiger partial charge in [0.1, 0.15) is 23.0 Å². The van der Waals surface area contributed by atoms with Crippen molar-refractivity contribution in [2.45, 2.75) is 38.5 Å². The van der Waals surface area contributed by atoms with Gasteiger partial charge < -0.3 is 37.9 Å². The predicted octanol–water partition coefficient (Wildman–Crippen LogP) is 9.11. The molecule has 0 amide bonds. The van der Waals surface area contributed by atoms with Crippen LogP contribution in [-0.2, 0) is 38.1 Å². The standard InChI is InChI=1S/C48H44O14/c1-4-43(49)55-26-6-8-28-57-47(53)61-35-16-10-33(11-17-35)14-24-45(51)59-37-20-22-39-40-23-21-38(31-42(40)32(3)41(39)30-37)60-46(52)25-15-34-12-18-36(19-13-34)62-48(54)58-29-9-7-27-56-44(50)5-2/h4-5,10-25,30-32H,1-2,6-9,26-29H2,3H3. The maximum Gasteiger partial charge on any atom is 0.513 e. The van der Waals surface area contributed by atoms with Gasteiger partial charge in [-0.25, -0.2) is 28.8 Å². The minimum absolute atomic E-state index is 0.0812. The van der Waals surface area contributed by atoms with Gasteiger partial charge in [-0.05, 0) is 120 Å². The molecule has 0 N–H and O–H groups in total. The Labute approximate surface area is 357 Å². The van der Waals surface area contributed by atoms with Gasteiger partial charge in [0.25, 0.3) is 0 Å². The fourth-order valence-corrected chi connectivity index (χ4v) is 5.94. The van der Waals surface area contributed by atoms with Crippen molar-refractivity contribution in [3.63, 3.8) is 0 Å². The van der Waals surface area contributed by atoms with E-state index in [1.165, 1.54) is 12.2 Å². The van der Waals surface area contributed by atoms with Crippen LogP contribution in [0, 0.1) is 0 Å². The molecule has 0 saturated heterocycles. The molecule has 0 spiro atoms. The van der Waals surface area contributed by atoms with Crippen LogP contribution in [0.25, 0.3) is 23.3 Å². The minimum Gasteiger partial charge on any atom is -0.463 e. The summed E-state index contributed by atoms with van der Waals surface area (Å²) < 4.78 is 41.3. The van der Waals surface area contributed by atoms with Crippen molar-refractivity contribution in [1.82, 2.24) is 0 Å². The highest BCUT2D eigenvalue weighted by Gasteiger charge is 2.27. The Balaban J connectivity index is 1.04. The molecule has 0 radical (unpaired) electrons. The molecule has 0 unspecified atom stereocenters. The Bertz CT molecular complexity index is 2160. The molecule has 4 aromatic rings. The fourth-order valence-electron chi connectivity index (χ4n) is 5.94. The third kappa shape index (κ3) is 14.2. The third-order valence-corrected chi connectivity index (χ3v) is 9.03. The van der Waals surface area contributed by atoms with Crippen molar-refractivity contribution in [3.8, 4) is 34.1 Å². The molecule has 0 atom stereocenters. The van der Waals surface area contributed by atoms with Gasteiger partial charge in [0.15, 0.2) is 0 Å². The van der Waals surface area contributed by atoms with E-state index in [1.54, 1.807) is 72.8 Å². The van der Waals surface area contributed by atoms with Crippen molar-refractivity contribution in [2.75, 3.05) is 26.4 Å². The first-order valence-electron chi connectivity index (χ1n) is 19.6. The molecule has 14 nitrogen and oxygen atoms in total. The lowest BCUT2D eigenvalue weighted by atomic mass is 9.99. The normalized spacial score (nSPS) is 12.4. The summed E-state index contributed by atoms with van der Waals surface area (Å²) in [4.78, 5) is 71.4. The Kier molecular flexibility index (Phi) is 16.9. The maximum absolute atomic E-state index is 12.7. The molecule has 14 heteroatoms. The first-order valence-corrected chi connectivity index (χ1v) is 19.6. The molecule has 5 rings (SSSR count). The highest BCUT2D eigenvalue weighted by Crippen LogP contribution is 2.47. The lowest BCUT2D eigenvalue weighted by Gasteiger charge is -2.09. The summed E-state index contributed by atoms with van der Waals surface area (Å²) in [5.41, 5.74) is 5.18. The number of esters is 4. The molecule has 1 aliphatic rings. The van der Waals surface area contributed by atoms with Crippen molar-refractivity contribution >= 4 is 48.3 Å². The molecule has 0 aliphatic heterocycles. The van der Waals surface area contributed by atoms with Gasteiger partial charge in [-0.15, -0.1) is 0 Å². The molecule has 1 aliphatic carbocycles. The second-order valence-electron chi connectivity index (χ2n) is 13.4. The van der Waals surface area contributed by atoms with Crippen LogP contribution in [0.1, 0.15) is 60.8 Å². The van der Waals surface area contributed by atoms with E-state index in [-0.39, 0.29) is 43.8 Å². The molecule has 0 bridgehead atoms. The van der Waals surface area contributed by atoms with Gasteiger partial charge in [0.2, 0.25) is 0 Å². The number of ether oxygens (including phenoxy) is 8. The zero-order valence-electron chi connectivity index (χ0n) is 33.9. The average molecular weight is 845 g/mol. The number of hydrogen-bond acceptors (Lipinski definition) is 14. The number of unbranched alkanes of at least 4 members (excludes halogenated alkanes) is 2. The number of carbonyl (C=O) groups excluding carboxylic acids is 6. The molecule has 320 valence electrons. The summed E-state index contributed by atoms with van der Waals surface area (Å²) in [6, 6.07) is 23.7. The van der Waals surface area contributed by atoms with Gasteiger partial charge in [0, 0.05) is 30.2 Å². The minimum atomic E-state index is -0.867. The van der Waals surface area contributed by atoms with Crippen molar-refractivity contribution in [1.29, 1.82) is 0 Å². The summed E-state index contributed by atoms with van der Waals surface area (Å²) in [6.07, 6.45) is 8.15. The van der Waals surface area contributed by atoms with E-state index in [4.69, 9.17) is 37.9 Å². The SMILES string of the molecule is C=CC(=O)OCCCCOC(=O)Oc1ccc(C=CC(=O)Oc2ccc3c(c2)C(C)c2cc(OC(=O)C=Cc4ccc(OC(=O)OCCCCOC(=O)C=C)cc4)ccc2-3)cc1. The molecule has 0 fully saturated rings. The summed E-state index contributed by atoms with van der Waals surface area (Å²) >= 11 is 0. The zero-order chi connectivity index (χ0) is 44.3. The molecule has 62 heavy (non-hydrogen) atoms. The van der Waals surface area contributed by atoms with Gasteiger partial charge >= 0.3 is 36.2 Å². The van der Waals surface area contributed by atoms with E-state index in [0.29, 0.717) is 48.3 Å². The monoisotopic (exact) mass is 844 g/mol. The maximum atomic E-state index is 12.7. The van der Waals surface area contributed by atoms with E-state index in [1.807, 2.05) is 31.2 Å². The Morgan fingerprint density at radius 3 is 1.19 bits per heavy atom. The molecule has 0 saturated carbocycles. The first-order chi connectivity index (χ1) is 30.0. The summed E-state index contributed by atoms with van der Waals surface area (Å²) in [5, 5.41) is 0. The van der Waals surface area contributed by atoms with Crippen molar-refractivity contribution < 1.29 is 66.7 Å². The van der Waals surface area contributed by atoms with E-state index >= 15 is 0 Å². The largest absolute Gasteiger partial charge is 0.513 e. The van der Waals surface area contributed by atoms with Gasteiger partial charge in [-0.1, -0.05) is 56.5 Å². The number of hydrogen-bond donors (Lipinski definition) is 0.